The van der Waals surface area contributed by atoms with E-state index in [0.29, 0.717) is 12.7 Å². The van der Waals surface area contributed by atoms with Crippen LogP contribution in [0.25, 0.3) is 0 Å². The zero-order chi connectivity index (χ0) is 14.2. The van der Waals surface area contributed by atoms with Crippen molar-refractivity contribution in [1.82, 2.24) is 10.2 Å². The minimum Gasteiger partial charge on any atom is -0.454 e. The van der Waals surface area contributed by atoms with Crippen LogP contribution in [-0.4, -0.2) is 48.4 Å². The van der Waals surface area contributed by atoms with Crippen molar-refractivity contribution in [3.05, 3.63) is 23.8 Å². The fourth-order valence-electron chi connectivity index (χ4n) is 3.17. The van der Waals surface area contributed by atoms with Gasteiger partial charge in [-0.3, -0.25) is 10.1 Å². The van der Waals surface area contributed by atoms with E-state index in [-0.39, 0.29) is 11.9 Å². The van der Waals surface area contributed by atoms with Gasteiger partial charge in [0.25, 0.3) is 0 Å². The highest BCUT2D eigenvalue weighted by Gasteiger charge is 2.33. The number of fused-ring (bicyclic) bond motifs is 1. The SMILES string of the molecule is O=C(C1CSCN1)N1CCC(c2ccc3c(c2)OCO3)C1. The number of amides is 1. The summed E-state index contributed by atoms with van der Waals surface area (Å²) in [7, 11) is 0. The zero-order valence-corrected chi connectivity index (χ0v) is 12.5. The molecule has 3 heterocycles. The molecule has 1 aromatic carbocycles. The van der Waals surface area contributed by atoms with Gasteiger partial charge in [0.1, 0.15) is 0 Å². The molecule has 0 spiro atoms. The molecule has 2 atom stereocenters. The number of hydrogen-bond donors (Lipinski definition) is 1. The number of nitrogens with zero attached hydrogens (tertiary/aromatic N) is 1. The van der Waals surface area contributed by atoms with Gasteiger partial charge in [0, 0.05) is 30.6 Å². The molecule has 2 unspecified atom stereocenters. The summed E-state index contributed by atoms with van der Waals surface area (Å²) in [5.74, 6) is 4.07. The molecule has 4 rings (SSSR count). The van der Waals surface area contributed by atoms with E-state index >= 15 is 0 Å². The predicted octanol–water partition coefficient (Wildman–Crippen LogP) is 1.39. The van der Waals surface area contributed by atoms with Gasteiger partial charge in [0.15, 0.2) is 11.5 Å². The standard InChI is InChI=1S/C15H18N2O3S/c18-15(12-7-21-8-16-12)17-4-3-11(6-17)10-1-2-13-14(5-10)20-9-19-13/h1-2,5,11-12,16H,3-4,6-9H2. The topological polar surface area (TPSA) is 50.8 Å². The van der Waals surface area contributed by atoms with Crippen molar-refractivity contribution in [2.75, 3.05) is 31.5 Å². The van der Waals surface area contributed by atoms with E-state index in [2.05, 4.69) is 17.4 Å². The lowest BCUT2D eigenvalue weighted by atomic mass is 9.98. The van der Waals surface area contributed by atoms with Gasteiger partial charge in [-0.15, -0.1) is 11.8 Å². The number of rotatable bonds is 2. The van der Waals surface area contributed by atoms with Crippen LogP contribution < -0.4 is 14.8 Å². The van der Waals surface area contributed by atoms with Crippen LogP contribution in [0.5, 0.6) is 11.5 Å². The molecule has 1 amide bonds. The van der Waals surface area contributed by atoms with Crippen molar-refractivity contribution in [2.24, 2.45) is 0 Å². The Balaban J connectivity index is 1.45. The third-order valence-electron chi connectivity index (χ3n) is 4.38. The van der Waals surface area contributed by atoms with Crippen LogP contribution in [0.3, 0.4) is 0 Å². The van der Waals surface area contributed by atoms with E-state index in [0.717, 1.165) is 42.6 Å². The molecule has 6 heteroatoms. The fraction of sp³-hybridized carbons (Fsp3) is 0.533. The lowest BCUT2D eigenvalue weighted by Crippen LogP contribution is -2.43. The number of ether oxygens (including phenoxy) is 2. The first-order chi connectivity index (χ1) is 10.3. The van der Waals surface area contributed by atoms with Crippen LogP contribution in [-0.2, 0) is 4.79 Å². The summed E-state index contributed by atoms with van der Waals surface area (Å²) < 4.78 is 10.8. The number of carbonyl (C=O) groups excluding carboxylic acids is 1. The van der Waals surface area contributed by atoms with Gasteiger partial charge in [-0.1, -0.05) is 6.07 Å². The van der Waals surface area contributed by atoms with Crippen LogP contribution in [0, 0.1) is 0 Å². The van der Waals surface area contributed by atoms with Crippen molar-refractivity contribution < 1.29 is 14.3 Å². The van der Waals surface area contributed by atoms with Crippen LogP contribution >= 0.6 is 11.8 Å². The van der Waals surface area contributed by atoms with Crippen molar-refractivity contribution in [3.63, 3.8) is 0 Å². The van der Waals surface area contributed by atoms with Gasteiger partial charge >= 0.3 is 0 Å². The van der Waals surface area contributed by atoms with E-state index in [1.54, 1.807) is 11.8 Å². The summed E-state index contributed by atoms with van der Waals surface area (Å²) in [4.78, 5) is 14.4. The Morgan fingerprint density at radius 3 is 3.10 bits per heavy atom. The van der Waals surface area contributed by atoms with Crippen LogP contribution in [0.15, 0.2) is 18.2 Å². The fourth-order valence-corrected chi connectivity index (χ4v) is 4.11. The molecule has 21 heavy (non-hydrogen) atoms. The molecule has 0 radical (unpaired) electrons. The minimum absolute atomic E-state index is 0.00510. The summed E-state index contributed by atoms with van der Waals surface area (Å²) in [5, 5.41) is 3.26. The first-order valence-corrected chi connectivity index (χ1v) is 8.46. The molecule has 0 aliphatic carbocycles. The van der Waals surface area contributed by atoms with Crippen molar-refractivity contribution in [3.8, 4) is 11.5 Å². The maximum atomic E-state index is 12.4. The number of nitrogens with one attached hydrogen (secondary N) is 1. The zero-order valence-electron chi connectivity index (χ0n) is 11.7. The largest absolute Gasteiger partial charge is 0.454 e. The molecular weight excluding hydrogens is 288 g/mol. The molecule has 5 nitrogen and oxygen atoms in total. The second kappa shape index (κ2) is 5.42. The Kier molecular flexibility index (Phi) is 3.43. The van der Waals surface area contributed by atoms with E-state index in [9.17, 15) is 4.79 Å². The van der Waals surface area contributed by atoms with Gasteiger partial charge in [0.05, 0.1) is 6.04 Å². The minimum atomic E-state index is 0.00510. The van der Waals surface area contributed by atoms with Crippen molar-refractivity contribution >= 4 is 17.7 Å². The maximum absolute atomic E-state index is 12.4. The Bertz CT molecular complexity index is 560. The second-order valence-corrected chi connectivity index (χ2v) is 6.68. The second-order valence-electron chi connectivity index (χ2n) is 5.65. The van der Waals surface area contributed by atoms with E-state index in [1.165, 1.54) is 5.56 Å². The molecule has 0 saturated carbocycles. The smallest absolute Gasteiger partial charge is 0.240 e. The highest BCUT2D eigenvalue weighted by Crippen LogP contribution is 2.37. The number of carbonyl (C=O) groups is 1. The molecule has 2 fully saturated rings. The Morgan fingerprint density at radius 1 is 1.33 bits per heavy atom. The molecule has 0 aromatic heterocycles. The monoisotopic (exact) mass is 306 g/mol. The average molecular weight is 306 g/mol. The Hall–Kier alpha value is -1.40. The molecule has 1 N–H and O–H groups in total. The van der Waals surface area contributed by atoms with E-state index in [4.69, 9.17) is 9.47 Å². The van der Waals surface area contributed by atoms with Gasteiger partial charge in [-0.05, 0) is 24.1 Å². The predicted molar refractivity (Wildman–Crippen MR) is 80.8 cm³/mol. The number of thioether (sulfide) groups is 1. The molecular formula is C15H18N2O3S. The summed E-state index contributed by atoms with van der Waals surface area (Å²) in [6.45, 7) is 1.96. The van der Waals surface area contributed by atoms with Gasteiger partial charge in [-0.25, -0.2) is 0 Å². The summed E-state index contributed by atoms with van der Waals surface area (Å²) >= 11 is 1.79. The highest BCUT2D eigenvalue weighted by molar-refractivity contribution is 7.99. The lowest BCUT2D eigenvalue weighted by molar-refractivity contribution is -0.131. The van der Waals surface area contributed by atoms with Crippen LogP contribution in [0.2, 0.25) is 0 Å². The lowest BCUT2D eigenvalue weighted by Gasteiger charge is -2.20. The first-order valence-electron chi connectivity index (χ1n) is 7.31. The Labute approximate surface area is 128 Å². The van der Waals surface area contributed by atoms with Gasteiger partial charge < -0.3 is 14.4 Å². The average Bonchev–Trinajstić information content (AvgIpc) is 3.25. The normalized spacial score (nSPS) is 27.3. The van der Waals surface area contributed by atoms with Crippen molar-refractivity contribution in [2.45, 2.75) is 18.4 Å². The number of likely N-dealkylation sites (tertiary alicyclic amines) is 1. The third kappa shape index (κ3) is 2.46. The Morgan fingerprint density at radius 2 is 2.24 bits per heavy atom. The van der Waals surface area contributed by atoms with Crippen molar-refractivity contribution in [1.29, 1.82) is 0 Å². The van der Waals surface area contributed by atoms with Crippen LogP contribution in [0.4, 0.5) is 0 Å². The molecule has 0 bridgehead atoms. The maximum Gasteiger partial charge on any atom is 0.240 e. The summed E-state index contributed by atoms with van der Waals surface area (Å²) in [5.41, 5.74) is 1.24. The summed E-state index contributed by atoms with van der Waals surface area (Å²) in [6.07, 6.45) is 1.02. The van der Waals surface area contributed by atoms with E-state index < -0.39 is 0 Å². The first kappa shape index (κ1) is 13.3. The molecule has 2 saturated heterocycles. The number of hydrogen-bond acceptors (Lipinski definition) is 5. The quantitative estimate of drug-likeness (QED) is 0.895. The van der Waals surface area contributed by atoms with Gasteiger partial charge in [-0.2, -0.15) is 0 Å². The molecule has 112 valence electrons. The third-order valence-corrected chi connectivity index (χ3v) is 5.32. The highest BCUT2D eigenvalue weighted by atomic mass is 32.2. The van der Waals surface area contributed by atoms with E-state index in [1.807, 2.05) is 11.0 Å². The molecule has 3 aliphatic rings. The molecule has 1 aromatic rings. The molecule has 3 aliphatic heterocycles. The number of benzene rings is 1. The van der Waals surface area contributed by atoms with Gasteiger partial charge in [0.2, 0.25) is 12.7 Å². The summed E-state index contributed by atoms with van der Waals surface area (Å²) in [6, 6.07) is 6.13. The van der Waals surface area contributed by atoms with Crippen LogP contribution in [0.1, 0.15) is 17.9 Å².